The van der Waals surface area contributed by atoms with E-state index in [1.165, 1.54) is 57.8 Å². The lowest BCUT2D eigenvalue weighted by atomic mass is 9.75. The van der Waals surface area contributed by atoms with Gasteiger partial charge in [-0.1, -0.05) is 24.3 Å². The standard InChI is InChI=1S/C18H27P/c19-18-11-9-15(10-12-18)17-8-4-7-16(13-17)14-5-2-1-3-6-14/h5,9,11,13,15,17-18H,1-4,6-8,10,12,19H2/t15-,17?,18?/m1/s1. The highest BCUT2D eigenvalue weighted by Gasteiger charge is 2.24. The predicted octanol–water partition coefficient (Wildman–Crippen LogP) is 5.42. The summed E-state index contributed by atoms with van der Waals surface area (Å²) in [6.45, 7) is 0. The Morgan fingerprint density at radius 1 is 0.842 bits per heavy atom. The van der Waals surface area contributed by atoms with E-state index in [-0.39, 0.29) is 0 Å². The summed E-state index contributed by atoms with van der Waals surface area (Å²) in [5.74, 6) is 1.64. The van der Waals surface area contributed by atoms with Gasteiger partial charge in [0.25, 0.3) is 0 Å². The molecule has 3 aliphatic rings. The number of hydrogen-bond donors (Lipinski definition) is 0. The lowest BCUT2D eigenvalue weighted by Crippen LogP contribution is -2.19. The summed E-state index contributed by atoms with van der Waals surface area (Å²) in [5, 5.41) is 0. The van der Waals surface area contributed by atoms with E-state index in [0.29, 0.717) is 0 Å². The lowest BCUT2D eigenvalue weighted by Gasteiger charge is -2.31. The summed E-state index contributed by atoms with van der Waals surface area (Å²) < 4.78 is 0. The fourth-order valence-corrected chi connectivity index (χ4v) is 4.23. The summed E-state index contributed by atoms with van der Waals surface area (Å²) >= 11 is 0. The van der Waals surface area contributed by atoms with E-state index in [4.69, 9.17) is 0 Å². The molecule has 0 heterocycles. The van der Waals surface area contributed by atoms with Crippen LogP contribution in [0.15, 0.2) is 35.5 Å². The third-order valence-corrected chi connectivity index (χ3v) is 5.65. The van der Waals surface area contributed by atoms with E-state index in [1.54, 1.807) is 11.1 Å². The van der Waals surface area contributed by atoms with Crippen molar-refractivity contribution in [2.45, 2.75) is 63.4 Å². The summed E-state index contributed by atoms with van der Waals surface area (Å²) in [6, 6.07) is 0. The number of rotatable bonds is 2. The van der Waals surface area contributed by atoms with Gasteiger partial charge in [-0.15, -0.1) is 9.24 Å². The molecule has 3 aliphatic carbocycles. The summed E-state index contributed by atoms with van der Waals surface area (Å²) in [7, 11) is 2.95. The molecule has 0 N–H and O–H groups in total. The first kappa shape index (κ1) is 13.6. The monoisotopic (exact) mass is 274 g/mol. The molecule has 0 aromatic rings. The molecular formula is C18H27P. The molecule has 0 spiro atoms. The molecule has 0 aromatic heterocycles. The van der Waals surface area contributed by atoms with E-state index in [0.717, 1.165) is 17.5 Å². The Labute approximate surface area is 120 Å². The second-order valence-electron chi connectivity index (χ2n) is 6.51. The first-order chi connectivity index (χ1) is 9.33. The van der Waals surface area contributed by atoms with Crippen molar-refractivity contribution < 1.29 is 0 Å². The molecule has 0 saturated carbocycles. The fraction of sp³-hybridized carbons (Fsp3) is 0.667. The third kappa shape index (κ3) is 3.40. The zero-order chi connectivity index (χ0) is 13.1. The Balaban J connectivity index is 1.72. The molecule has 3 unspecified atom stereocenters. The molecule has 3 rings (SSSR count). The first-order valence-corrected chi connectivity index (χ1v) is 8.83. The Morgan fingerprint density at radius 3 is 2.47 bits per heavy atom. The quantitative estimate of drug-likeness (QED) is 0.465. The Hall–Kier alpha value is -0.350. The van der Waals surface area contributed by atoms with E-state index < -0.39 is 0 Å². The van der Waals surface area contributed by atoms with Gasteiger partial charge in [-0.25, -0.2) is 0 Å². The maximum Gasteiger partial charge on any atom is -0.00854 e. The highest BCUT2D eigenvalue weighted by atomic mass is 31.0. The van der Waals surface area contributed by atoms with Crippen molar-refractivity contribution in [3.8, 4) is 0 Å². The minimum atomic E-state index is 0.726. The molecule has 0 aromatic carbocycles. The molecule has 0 aliphatic heterocycles. The van der Waals surface area contributed by atoms with Crippen LogP contribution in [0.25, 0.3) is 0 Å². The Bertz CT molecular complexity index is 402. The zero-order valence-electron chi connectivity index (χ0n) is 12.0. The maximum atomic E-state index is 2.95. The minimum absolute atomic E-state index is 0.726. The van der Waals surface area contributed by atoms with Crippen molar-refractivity contribution in [3.63, 3.8) is 0 Å². The Kier molecular flexibility index (Phi) is 4.59. The molecular weight excluding hydrogens is 247 g/mol. The van der Waals surface area contributed by atoms with E-state index in [2.05, 4.69) is 33.5 Å². The molecule has 0 amide bonds. The van der Waals surface area contributed by atoms with Crippen LogP contribution in [0.1, 0.15) is 57.8 Å². The smallest absolute Gasteiger partial charge is 0.00854 e. The summed E-state index contributed by atoms with van der Waals surface area (Å²) in [6.07, 6.45) is 22.5. The normalized spacial score (nSPS) is 35.7. The van der Waals surface area contributed by atoms with Crippen LogP contribution in [0, 0.1) is 11.8 Å². The molecule has 104 valence electrons. The van der Waals surface area contributed by atoms with Crippen LogP contribution < -0.4 is 0 Å². The van der Waals surface area contributed by atoms with Crippen LogP contribution in [0.5, 0.6) is 0 Å². The van der Waals surface area contributed by atoms with Crippen LogP contribution in [0.2, 0.25) is 0 Å². The van der Waals surface area contributed by atoms with Crippen LogP contribution in [-0.4, -0.2) is 5.66 Å². The lowest BCUT2D eigenvalue weighted by molar-refractivity contribution is 0.379. The molecule has 0 fully saturated rings. The average Bonchev–Trinajstić information content (AvgIpc) is 2.49. The largest absolute Gasteiger partial charge is 0.130 e. The predicted molar refractivity (Wildman–Crippen MR) is 87.3 cm³/mol. The van der Waals surface area contributed by atoms with Crippen molar-refractivity contribution >= 4 is 9.24 Å². The SMILES string of the molecule is PC1C=C[C@@H](C2C=C(C3=CCCCC3)CCC2)CC1. The van der Waals surface area contributed by atoms with Gasteiger partial charge in [0, 0.05) is 0 Å². The van der Waals surface area contributed by atoms with Crippen molar-refractivity contribution in [1.82, 2.24) is 0 Å². The summed E-state index contributed by atoms with van der Waals surface area (Å²) in [4.78, 5) is 0. The van der Waals surface area contributed by atoms with Gasteiger partial charge >= 0.3 is 0 Å². The molecule has 19 heavy (non-hydrogen) atoms. The molecule has 1 heteroatoms. The first-order valence-electron chi connectivity index (χ1n) is 8.17. The number of allylic oxidation sites excluding steroid dienone is 6. The van der Waals surface area contributed by atoms with Crippen LogP contribution in [0.4, 0.5) is 0 Å². The maximum absolute atomic E-state index is 2.95. The molecule has 0 nitrogen and oxygen atoms in total. The molecule has 0 radical (unpaired) electrons. The van der Waals surface area contributed by atoms with E-state index >= 15 is 0 Å². The second kappa shape index (κ2) is 6.40. The van der Waals surface area contributed by atoms with Crippen molar-refractivity contribution in [2.24, 2.45) is 11.8 Å². The fourth-order valence-electron chi connectivity index (χ4n) is 3.91. The molecule has 4 atom stereocenters. The minimum Gasteiger partial charge on any atom is -0.130 e. The van der Waals surface area contributed by atoms with Gasteiger partial charge in [0.1, 0.15) is 0 Å². The van der Waals surface area contributed by atoms with Crippen molar-refractivity contribution in [1.29, 1.82) is 0 Å². The van der Waals surface area contributed by atoms with Gasteiger partial charge in [-0.3, -0.25) is 0 Å². The zero-order valence-corrected chi connectivity index (χ0v) is 13.1. The topological polar surface area (TPSA) is 0 Å². The van der Waals surface area contributed by atoms with Crippen LogP contribution in [-0.2, 0) is 0 Å². The Morgan fingerprint density at radius 2 is 1.74 bits per heavy atom. The van der Waals surface area contributed by atoms with Crippen LogP contribution in [0.3, 0.4) is 0 Å². The second-order valence-corrected chi connectivity index (χ2v) is 7.37. The van der Waals surface area contributed by atoms with Gasteiger partial charge in [0.05, 0.1) is 0 Å². The summed E-state index contributed by atoms with van der Waals surface area (Å²) in [5.41, 5.74) is 4.13. The number of hydrogen-bond acceptors (Lipinski definition) is 0. The van der Waals surface area contributed by atoms with Gasteiger partial charge in [-0.2, -0.15) is 0 Å². The van der Waals surface area contributed by atoms with E-state index in [9.17, 15) is 0 Å². The molecule has 0 bridgehead atoms. The van der Waals surface area contributed by atoms with Gasteiger partial charge < -0.3 is 0 Å². The van der Waals surface area contributed by atoms with Crippen LogP contribution >= 0.6 is 9.24 Å². The van der Waals surface area contributed by atoms with Gasteiger partial charge in [-0.05, 0) is 86.4 Å². The highest BCUT2D eigenvalue weighted by molar-refractivity contribution is 7.17. The average molecular weight is 274 g/mol. The van der Waals surface area contributed by atoms with Gasteiger partial charge in [0.15, 0.2) is 0 Å². The molecule has 0 saturated heterocycles. The van der Waals surface area contributed by atoms with Crippen molar-refractivity contribution in [2.75, 3.05) is 0 Å². The third-order valence-electron chi connectivity index (χ3n) is 5.09. The van der Waals surface area contributed by atoms with Gasteiger partial charge in [0.2, 0.25) is 0 Å². The highest BCUT2D eigenvalue weighted by Crippen LogP contribution is 2.38. The van der Waals surface area contributed by atoms with E-state index in [1.807, 2.05) is 0 Å². The van der Waals surface area contributed by atoms with Crippen molar-refractivity contribution in [3.05, 3.63) is 35.5 Å².